The summed E-state index contributed by atoms with van der Waals surface area (Å²) >= 11 is 12.2. The highest BCUT2D eigenvalue weighted by molar-refractivity contribution is 6.31. The molecule has 3 saturated heterocycles. The fourth-order valence-electron chi connectivity index (χ4n) is 6.58. The normalized spacial score (nSPS) is 23.7. The van der Waals surface area contributed by atoms with Crippen molar-refractivity contribution in [3.05, 3.63) is 63.6 Å². The van der Waals surface area contributed by atoms with E-state index in [0.29, 0.717) is 41.5 Å². The second-order valence-electron chi connectivity index (χ2n) is 11.8. The van der Waals surface area contributed by atoms with Gasteiger partial charge in [0.15, 0.2) is 6.61 Å². The second-order valence-corrected chi connectivity index (χ2v) is 12.7. The molecule has 1 unspecified atom stereocenters. The predicted molar refractivity (Wildman–Crippen MR) is 160 cm³/mol. The molecule has 5 rings (SSSR count). The summed E-state index contributed by atoms with van der Waals surface area (Å²) in [5, 5.41) is 6.02. The average molecular weight is 656 g/mol. The number of nitrogens with zero attached hydrogens (tertiary/aromatic N) is 2. The van der Waals surface area contributed by atoms with Gasteiger partial charge in [-0.1, -0.05) is 35.3 Å². The van der Waals surface area contributed by atoms with Gasteiger partial charge < -0.3 is 20.3 Å². The van der Waals surface area contributed by atoms with Crippen molar-refractivity contribution in [2.75, 3.05) is 26.2 Å². The van der Waals surface area contributed by atoms with E-state index in [-0.39, 0.29) is 48.9 Å². The summed E-state index contributed by atoms with van der Waals surface area (Å²) in [4.78, 5) is 41.6. The lowest BCUT2D eigenvalue weighted by Crippen LogP contribution is -2.50. The monoisotopic (exact) mass is 654 g/mol. The molecule has 3 aliphatic heterocycles. The number of hydrogen-bond donors (Lipinski definition) is 2. The van der Waals surface area contributed by atoms with Crippen molar-refractivity contribution < 1.29 is 32.3 Å². The quantitative estimate of drug-likeness (QED) is 0.387. The zero-order chi connectivity index (χ0) is 31.4. The standard InChI is InChI=1S/C31H35Cl2F3N4O4/c32-21-5-3-19(4-6-21)17-40-24-8-9-25(40)14-23(13-24)38-28(41)18-44-27-10-7-22(33)12-26(27)29(42)39-11-1-2-20(16-39)15-37-30(43)31(34,35)36/h3-7,10,12,20,23-25H,1-2,8-9,11,13-18H2,(H,37,43)(H,38,41)/t20?,23-,24+,25-. The molecule has 2 aromatic rings. The van der Waals surface area contributed by atoms with E-state index in [1.165, 1.54) is 22.6 Å². The Bertz CT molecular complexity index is 1350. The van der Waals surface area contributed by atoms with Gasteiger partial charge >= 0.3 is 12.1 Å². The molecule has 13 heteroatoms. The SMILES string of the molecule is O=C(COc1ccc(Cl)cc1C(=O)N1CCCC(CNC(=O)C(F)(F)F)C1)N[C@H]1C[C@H]2CC[C@@H](C1)N2Cc1ccc(Cl)cc1. The molecule has 0 aromatic heterocycles. The Morgan fingerprint density at radius 3 is 2.32 bits per heavy atom. The number of carbonyl (C=O) groups is 3. The molecule has 238 valence electrons. The molecule has 0 saturated carbocycles. The Morgan fingerprint density at radius 2 is 1.64 bits per heavy atom. The highest BCUT2D eigenvalue weighted by Crippen LogP contribution is 2.37. The number of amides is 3. The van der Waals surface area contributed by atoms with Crippen LogP contribution in [0.15, 0.2) is 42.5 Å². The number of nitrogens with one attached hydrogen (secondary N) is 2. The third-order valence-corrected chi connectivity index (χ3v) is 9.16. The van der Waals surface area contributed by atoms with Crippen molar-refractivity contribution in [2.24, 2.45) is 5.92 Å². The van der Waals surface area contributed by atoms with Crippen LogP contribution < -0.4 is 15.4 Å². The lowest BCUT2D eigenvalue weighted by atomic mass is 9.96. The van der Waals surface area contributed by atoms with Crippen LogP contribution in [0.1, 0.15) is 54.4 Å². The summed E-state index contributed by atoms with van der Waals surface area (Å²) in [7, 11) is 0. The third-order valence-electron chi connectivity index (χ3n) is 8.67. The highest BCUT2D eigenvalue weighted by atomic mass is 35.5. The van der Waals surface area contributed by atoms with Crippen LogP contribution in [0.2, 0.25) is 10.0 Å². The minimum atomic E-state index is -4.96. The van der Waals surface area contributed by atoms with E-state index in [1.54, 1.807) is 6.07 Å². The van der Waals surface area contributed by atoms with E-state index in [0.717, 1.165) is 32.2 Å². The molecule has 3 fully saturated rings. The van der Waals surface area contributed by atoms with Crippen molar-refractivity contribution in [3.8, 4) is 5.75 Å². The first-order valence-corrected chi connectivity index (χ1v) is 15.6. The molecule has 2 N–H and O–H groups in total. The molecule has 0 radical (unpaired) electrons. The first-order valence-electron chi connectivity index (χ1n) is 14.8. The molecular weight excluding hydrogens is 620 g/mol. The van der Waals surface area contributed by atoms with Crippen molar-refractivity contribution in [2.45, 2.75) is 69.4 Å². The summed E-state index contributed by atoms with van der Waals surface area (Å²) < 4.78 is 43.5. The Kier molecular flexibility index (Phi) is 10.3. The van der Waals surface area contributed by atoms with Gasteiger partial charge in [0.1, 0.15) is 5.75 Å². The van der Waals surface area contributed by atoms with Crippen LogP contribution in [0.25, 0.3) is 0 Å². The minimum absolute atomic E-state index is 0.0273. The van der Waals surface area contributed by atoms with E-state index >= 15 is 0 Å². The third kappa shape index (κ3) is 8.17. The smallest absolute Gasteiger partial charge is 0.471 e. The van der Waals surface area contributed by atoms with Crippen molar-refractivity contribution in [1.82, 2.24) is 20.4 Å². The number of ether oxygens (including phenoxy) is 1. The first kappa shape index (κ1) is 32.4. The number of piperidine rings is 2. The van der Waals surface area contributed by atoms with Gasteiger partial charge in [-0.3, -0.25) is 19.3 Å². The molecule has 8 nitrogen and oxygen atoms in total. The summed E-state index contributed by atoms with van der Waals surface area (Å²) in [6, 6.07) is 13.2. The fourth-order valence-corrected chi connectivity index (χ4v) is 6.88. The minimum Gasteiger partial charge on any atom is -0.483 e. The molecule has 4 atom stereocenters. The number of halogens is 5. The highest BCUT2D eigenvalue weighted by Gasteiger charge is 2.41. The van der Waals surface area contributed by atoms with Gasteiger partial charge in [-0.25, -0.2) is 0 Å². The predicted octanol–water partition coefficient (Wildman–Crippen LogP) is 5.21. The maximum atomic E-state index is 13.4. The molecule has 0 aliphatic carbocycles. The number of likely N-dealkylation sites (tertiary alicyclic amines) is 1. The van der Waals surface area contributed by atoms with Crippen LogP contribution in [0.3, 0.4) is 0 Å². The first-order chi connectivity index (χ1) is 21.0. The van der Waals surface area contributed by atoms with Crippen molar-refractivity contribution in [1.29, 1.82) is 0 Å². The lowest BCUT2D eigenvalue weighted by Gasteiger charge is -2.39. The Hall–Kier alpha value is -3.02. The van der Waals surface area contributed by atoms with Crippen LogP contribution in [0.5, 0.6) is 5.75 Å². The van der Waals surface area contributed by atoms with Crippen LogP contribution in [-0.4, -0.2) is 78.1 Å². The number of fused-ring (bicyclic) bond motifs is 2. The van der Waals surface area contributed by atoms with Crippen LogP contribution in [0, 0.1) is 5.92 Å². The number of carbonyl (C=O) groups excluding carboxylic acids is 3. The van der Waals surface area contributed by atoms with Crippen LogP contribution in [0.4, 0.5) is 13.2 Å². The van der Waals surface area contributed by atoms with E-state index < -0.39 is 18.0 Å². The number of benzene rings is 2. The molecule has 3 aliphatic rings. The van der Waals surface area contributed by atoms with Gasteiger partial charge in [-0.2, -0.15) is 13.2 Å². The maximum Gasteiger partial charge on any atom is 0.471 e. The molecule has 3 amide bonds. The summed E-state index contributed by atoms with van der Waals surface area (Å²) in [6.07, 6.45) is 0.0478. The Balaban J connectivity index is 1.13. The molecule has 44 heavy (non-hydrogen) atoms. The Morgan fingerprint density at radius 1 is 0.955 bits per heavy atom. The molecular formula is C31H35Cl2F3N4O4. The van der Waals surface area contributed by atoms with Gasteiger partial charge in [0.2, 0.25) is 0 Å². The summed E-state index contributed by atoms with van der Waals surface area (Å²) in [5.41, 5.74) is 1.38. The zero-order valence-corrected chi connectivity index (χ0v) is 25.6. The largest absolute Gasteiger partial charge is 0.483 e. The molecule has 2 bridgehead atoms. The number of rotatable bonds is 9. The molecule has 3 heterocycles. The van der Waals surface area contributed by atoms with E-state index in [2.05, 4.69) is 10.2 Å². The summed E-state index contributed by atoms with van der Waals surface area (Å²) in [5.74, 6) is -2.83. The van der Waals surface area contributed by atoms with Gasteiger partial charge in [-0.15, -0.1) is 0 Å². The zero-order valence-electron chi connectivity index (χ0n) is 24.0. The van der Waals surface area contributed by atoms with Gasteiger partial charge in [0, 0.05) is 54.3 Å². The van der Waals surface area contributed by atoms with E-state index in [9.17, 15) is 27.6 Å². The van der Waals surface area contributed by atoms with Gasteiger partial charge in [0.05, 0.1) is 5.56 Å². The maximum absolute atomic E-state index is 13.4. The average Bonchev–Trinajstić information content (AvgIpc) is 3.21. The number of alkyl halides is 3. The summed E-state index contributed by atoms with van der Waals surface area (Å²) in [6.45, 7) is 0.942. The van der Waals surface area contributed by atoms with Crippen molar-refractivity contribution >= 4 is 40.9 Å². The van der Waals surface area contributed by atoms with Crippen molar-refractivity contribution in [3.63, 3.8) is 0 Å². The topological polar surface area (TPSA) is 91.0 Å². The van der Waals surface area contributed by atoms with Crippen LogP contribution >= 0.6 is 23.2 Å². The second kappa shape index (κ2) is 14.0. The van der Waals surface area contributed by atoms with Gasteiger partial charge in [0.25, 0.3) is 11.8 Å². The molecule has 2 aromatic carbocycles. The Labute approximate surface area is 264 Å². The van der Waals surface area contributed by atoms with Gasteiger partial charge in [-0.05, 0) is 80.3 Å². The lowest BCUT2D eigenvalue weighted by molar-refractivity contribution is -0.173. The molecule has 0 spiro atoms. The number of hydrogen-bond acceptors (Lipinski definition) is 5. The van der Waals surface area contributed by atoms with E-state index in [1.807, 2.05) is 29.6 Å². The van der Waals surface area contributed by atoms with E-state index in [4.69, 9.17) is 27.9 Å². The fraction of sp³-hybridized carbons (Fsp3) is 0.516. The van der Waals surface area contributed by atoms with Crippen LogP contribution in [-0.2, 0) is 16.1 Å².